The minimum absolute atomic E-state index is 0.197. The highest BCUT2D eigenvalue weighted by Gasteiger charge is 1.98. The van der Waals surface area contributed by atoms with Crippen molar-refractivity contribution < 1.29 is 4.39 Å². The van der Waals surface area contributed by atoms with Gasteiger partial charge >= 0.3 is 0 Å². The van der Waals surface area contributed by atoms with Gasteiger partial charge in [-0.15, -0.1) is 0 Å². The summed E-state index contributed by atoms with van der Waals surface area (Å²) in [6, 6.07) is 15.1. The van der Waals surface area contributed by atoms with Gasteiger partial charge < -0.3 is 0 Å². The molecule has 0 saturated heterocycles. The van der Waals surface area contributed by atoms with Crippen LogP contribution in [0.4, 0.5) is 4.39 Å². The lowest BCUT2D eigenvalue weighted by atomic mass is 10.0. The van der Waals surface area contributed by atoms with Gasteiger partial charge in [0.15, 0.2) is 0 Å². The van der Waals surface area contributed by atoms with Crippen LogP contribution in [-0.2, 0) is 6.42 Å². The van der Waals surface area contributed by atoms with Crippen LogP contribution in [0.3, 0.4) is 0 Å². The largest absolute Gasteiger partial charge is 0.207 e. The molecule has 0 N–H and O–H groups in total. The quantitative estimate of drug-likeness (QED) is 0.574. The maximum absolute atomic E-state index is 12.9. The lowest BCUT2D eigenvalue weighted by Gasteiger charge is -2.03. The Hall–Kier alpha value is -2.15. The van der Waals surface area contributed by atoms with Crippen molar-refractivity contribution in [1.82, 2.24) is 0 Å². The van der Waals surface area contributed by atoms with Gasteiger partial charge in [-0.1, -0.05) is 67.6 Å². The molecule has 0 saturated carbocycles. The van der Waals surface area contributed by atoms with Crippen molar-refractivity contribution in [2.45, 2.75) is 26.2 Å². The van der Waals surface area contributed by atoms with E-state index in [1.54, 1.807) is 0 Å². The van der Waals surface area contributed by atoms with Gasteiger partial charge in [0.25, 0.3) is 0 Å². The summed E-state index contributed by atoms with van der Waals surface area (Å²) < 4.78 is 12.9. The van der Waals surface area contributed by atoms with Crippen LogP contribution in [0.25, 0.3) is 11.1 Å². The van der Waals surface area contributed by atoms with Crippen molar-refractivity contribution in [3.8, 4) is 11.1 Å². The molecule has 0 bridgehead atoms. The van der Waals surface area contributed by atoms with E-state index in [4.69, 9.17) is 0 Å². The highest BCUT2D eigenvalue weighted by Crippen LogP contribution is 2.20. The van der Waals surface area contributed by atoms with Gasteiger partial charge in [-0.2, -0.15) is 0 Å². The molecule has 0 aromatic heterocycles. The zero-order valence-electron chi connectivity index (χ0n) is 12.4. The molecule has 0 spiro atoms. The summed E-state index contributed by atoms with van der Waals surface area (Å²) >= 11 is 0. The Kier molecular flexibility index (Phi) is 5.96. The minimum Gasteiger partial charge on any atom is -0.207 e. The van der Waals surface area contributed by atoms with E-state index in [9.17, 15) is 4.39 Å². The summed E-state index contributed by atoms with van der Waals surface area (Å²) in [5, 5.41) is 0. The molecule has 0 radical (unpaired) electrons. The number of hydrogen-bond donors (Lipinski definition) is 0. The Balaban J connectivity index is 1.93. The number of rotatable bonds is 6. The monoisotopic (exact) mass is 280 g/mol. The molecule has 0 fully saturated rings. The van der Waals surface area contributed by atoms with Gasteiger partial charge in [-0.05, 0) is 48.1 Å². The molecular weight excluding hydrogens is 259 g/mol. The van der Waals surface area contributed by atoms with E-state index in [-0.39, 0.29) is 5.82 Å². The van der Waals surface area contributed by atoms with Crippen molar-refractivity contribution in [3.05, 3.63) is 84.2 Å². The van der Waals surface area contributed by atoms with Crippen LogP contribution in [0.2, 0.25) is 0 Å². The van der Waals surface area contributed by atoms with Crippen LogP contribution in [0.1, 0.15) is 25.3 Å². The first-order valence-electron chi connectivity index (χ1n) is 7.44. The van der Waals surface area contributed by atoms with Crippen LogP contribution in [0.15, 0.2) is 72.8 Å². The molecule has 2 rings (SSSR count). The van der Waals surface area contributed by atoms with Crippen molar-refractivity contribution in [1.29, 1.82) is 0 Å². The first kappa shape index (κ1) is 15.2. The summed E-state index contributed by atoms with van der Waals surface area (Å²) in [5.74, 6) is -0.197. The molecule has 0 unspecified atom stereocenters. The average molecular weight is 280 g/mol. The fourth-order valence-electron chi connectivity index (χ4n) is 2.13. The molecular formula is C20H21F. The molecule has 0 nitrogen and oxygen atoms in total. The van der Waals surface area contributed by atoms with E-state index in [1.807, 2.05) is 12.1 Å². The summed E-state index contributed by atoms with van der Waals surface area (Å²) in [7, 11) is 0. The van der Waals surface area contributed by atoms with E-state index >= 15 is 0 Å². The van der Waals surface area contributed by atoms with Crippen molar-refractivity contribution in [2.75, 3.05) is 0 Å². The maximum Gasteiger partial charge on any atom is 0.123 e. The predicted molar refractivity (Wildman–Crippen MR) is 88.7 cm³/mol. The lowest BCUT2D eigenvalue weighted by molar-refractivity contribution is 0.628. The van der Waals surface area contributed by atoms with E-state index < -0.39 is 0 Å². The molecule has 0 atom stereocenters. The number of benzene rings is 2. The predicted octanol–water partition coefficient (Wildman–Crippen LogP) is 5.95. The third-order valence-electron chi connectivity index (χ3n) is 3.33. The Morgan fingerprint density at radius 2 is 1.33 bits per heavy atom. The third-order valence-corrected chi connectivity index (χ3v) is 3.33. The molecule has 2 aromatic carbocycles. The molecule has 1 heteroatoms. The maximum atomic E-state index is 12.9. The zero-order chi connectivity index (χ0) is 14.9. The summed E-state index contributed by atoms with van der Waals surface area (Å²) in [6.07, 6.45) is 11.8. The summed E-state index contributed by atoms with van der Waals surface area (Å²) in [5.41, 5.74) is 3.45. The molecule has 0 aliphatic carbocycles. The normalized spacial score (nSPS) is 11.5. The van der Waals surface area contributed by atoms with Crippen LogP contribution in [0.5, 0.6) is 0 Å². The van der Waals surface area contributed by atoms with E-state index in [0.29, 0.717) is 0 Å². The van der Waals surface area contributed by atoms with Crippen molar-refractivity contribution >= 4 is 0 Å². The zero-order valence-corrected chi connectivity index (χ0v) is 12.4. The van der Waals surface area contributed by atoms with E-state index in [2.05, 4.69) is 55.5 Å². The first-order chi connectivity index (χ1) is 10.3. The summed E-state index contributed by atoms with van der Waals surface area (Å²) in [6.45, 7) is 2.14. The topological polar surface area (TPSA) is 0 Å². The second-order valence-corrected chi connectivity index (χ2v) is 4.99. The Morgan fingerprint density at radius 1 is 0.762 bits per heavy atom. The van der Waals surface area contributed by atoms with E-state index in [1.165, 1.54) is 17.7 Å². The van der Waals surface area contributed by atoms with Gasteiger partial charge in [0.2, 0.25) is 0 Å². The van der Waals surface area contributed by atoms with Crippen LogP contribution >= 0.6 is 0 Å². The average Bonchev–Trinajstić information content (AvgIpc) is 2.52. The molecule has 2 aromatic rings. The molecule has 21 heavy (non-hydrogen) atoms. The second kappa shape index (κ2) is 8.21. The fraction of sp³-hybridized carbons (Fsp3) is 0.200. The molecule has 108 valence electrons. The smallest absolute Gasteiger partial charge is 0.123 e. The molecule has 0 amide bonds. The van der Waals surface area contributed by atoms with Gasteiger partial charge in [0, 0.05) is 0 Å². The number of hydrogen-bond acceptors (Lipinski definition) is 0. The second-order valence-electron chi connectivity index (χ2n) is 4.99. The lowest BCUT2D eigenvalue weighted by Crippen LogP contribution is -1.83. The van der Waals surface area contributed by atoms with Gasteiger partial charge in [-0.25, -0.2) is 4.39 Å². The Morgan fingerprint density at radius 3 is 1.95 bits per heavy atom. The third kappa shape index (κ3) is 5.03. The Bertz CT molecular complexity index is 589. The molecule has 0 aliphatic rings. The van der Waals surface area contributed by atoms with Gasteiger partial charge in [-0.3, -0.25) is 0 Å². The van der Waals surface area contributed by atoms with Crippen LogP contribution in [-0.4, -0.2) is 0 Å². The Labute approximate surface area is 126 Å². The van der Waals surface area contributed by atoms with E-state index in [0.717, 1.165) is 30.4 Å². The van der Waals surface area contributed by atoms with Crippen molar-refractivity contribution in [3.63, 3.8) is 0 Å². The van der Waals surface area contributed by atoms with Crippen LogP contribution in [0, 0.1) is 5.82 Å². The van der Waals surface area contributed by atoms with Crippen LogP contribution < -0.4 is 0 Å². The summed E-state index contributed by atoms with van der Waals surface area (Å²) in [4.78, 5) is 0. The molecule has 0 heterocycles. The number of halogens is 1. The first-order valence-corrected chi connectivity index (χ1v) is 7.44. The fourth-order valence-corrected chi connectivity index (χ4v) is 2.13. The minimum atomic E-state index is -0.197. The SMILES string of the molecule is CCC=CCC=CCc1ccc(-c2ccc(F)cc2)cc1. The van der Waals surface area contributed by atoms with Crippen molar-refractivity contribution in [2.24, 2.45) is 0 Å². The highest BCUT2D eigenvalue weighted by molar-refractivity contribution is 5.63. The van der Waals surface area contributed by atoms with Gasteiger partial charge in [0.05, 0.1) is 0 Å². The standard InChI is InChI=1S/C20H21F/c1-2-3-4-5-6-7-8-17-9-11-18(12-10-17)19-13-15-20(21)16-14-19/h3-4,6-7,9-16H,2,5,8H2,1H3. The highest BCUT2D eigenvalue weighted by atomic mass is 19.1. The number of allylic oxidation sites excluding steroid dienone is 4. The molecule has 0 aliphatic heterocycles. The van der Waals surface area contributed by atoms with Gasteiger partial charge in [0.1, 0.15) is 5.82 Å².